The number of nitrogens with one attached hydrogen (secondary N) is 2. The van der Waals surface area contributed by atoms with E-state index >= 15 is 0 Å². The predicted molar refractivity (Wildman–Crippen MR) is 56.7 cm³/mol. The van der Waals surface area contributed by atoms with Gasteiger partial charge in [-0.15, -0.1) is 0 Å². The average Bonchev–Trinajstić information content (AvgIpc) is 2.83. The van der Waals surface area contributed by atoms with Crippen LogP contribution in [0.2, 0.25) is 0 Å². The first-order valence-electron chi connectivity index (χ1n) is 4.89. The maximum absolute atomic E-state index is 11.5. The quantitative estimate of drug-likeness (QED) is 0.764. The molecule has 1 amide bonds. The molecule has 2 aromatic rings. The number of carbonyl (C=O) groups is 1. The summed E-state index contributed by atoms with van der Waals surface area (Å²) < 4.78 is 0. The van der Waals surface area contributed by atoms with E-state index in [1.54, 1.807) is 6.20 Å². The Morgan fingerprint density at radius 2 is 2.31 bits per heavy atom. The molecule has 0 bridgehead atoms. The van der Waals surface area contributed by atoms with Gasteiger partial charge in [0, 0.05) is 37.3 Å². The molecule has 2 aromatic heterocycles. The SMILES string of the molecule is O=C(NCCc1ccn[nH]1)c1cnccn1. The van der Waals surface area contributed by atoms with Crippen molar-refractivity contribution < 1.29 is 4.79 Å². The van der Waals surface area contributed by atoms with Crippen molar-refractivity contribution in [3.63, 3.8) is 0 Å². The molecule has 0 radical (unpaired) electrons. The zero-order valence-electron chi connectivity index (χ0n) is 8.55. The summed E-state index contributed by atoms with van der Waals surface area (Å²) in [5.74, 6) is -0.215. The summed E-state index contributed by atoms with van der Waals surface area (Å²) in [6.07, 6.45) is 6.85. The molecule has 0 aliphatic heterocycles. The molecule has 0 spiro atoms. The highest BCUT2D eigenvalue weighted by atomic mass is 16.1. The molecule has 0 aliphatic carbocycles. The first-order chi connectivity index (χ1) is 7.86. The van der Waals surface area contributed by atoms with Gasteiger partial charge in [-0.3, -0.25) is 14.9 Å². The minimum atomic E-state index is -0.215. The molecule has 2 rings (SSSR count). The van der Waals surface area contributed by atoms with Gasteiger partial charge in [0.05, 0.1) is 6.20 Å². The molecular formula is C10H11N5O. The van der Waals surface area contributed by atoms with Crippen molar-refractivity contribution in [1.82, 2.24) is 25.5 Å². The van der Waals surface area contributed by atoms with E-state index in [1.807, 2.05) is 6.07 Å². The predicted octanol–water partition coefficient (Wildman–Crippen LogP) is 0.172. The summed E-state index contributed by atoms with van der Waals surface area (Å²) in [5, 5.41) is 9.39. The monoisotopic (exact) mass is 217 g/mol. The van der Waals surface area contributed by atoms with E-state index in [4.69, 9.17) is 0 Å². The summed E-state index contributed by atoms with van der Waals surface area (Å²) in [6.45, 7) is 0.539. The maximum Gasteiger partial charge on any atom is 0.271 e. The number of carbonyl (C=O) groups excluding carboxylic acids is 1. The van der Waals surface area contributed by atoms with Gasteiger partial charge in [0.1, 0.15) is 5.69 Å². The van der Waals surface area contributed by atoms with Gasteiger partial charge < -0.3 is 5.32 Å². The Labute approximate surface area is 92.1 Å². The van der Waals surface area contributed by atoms with Gasteiger partial charge in [0.2, 0.25) is 0 Å². The Hall–Kier alpha value is -2.24. The van der Waals surface area contributed by atoms with Crippen molar-refractivity contribution in [3.05, 3.63) is 42.2 Å². The molecule has 0 saturated heterocycles. The molecule has 2 heterocycles. The molecule has 0 atom stereocenters. The smallest absolute Gasteiger partial charge is 0.271 e. The van der Waals surface area contributed by atoms with Crippen molar-refractivity contribution in [1.29, 1.82) is 0 Å². The molecule has 2 N–H and O–H groups in total. The van der Waals surface area contributed by atoms with Gasteiger partial charge in [0.25, 0.3) is 5.91 Å². The van der Waals surface area contributed by atoms with Crippen molar-refractivity contribution in [2.24, 2.45) is 0 Å². The van der Waals surface area contributed by atoms with E-state index in [-0.39, 0.29) is 5.91 Å². The van der Waals surface area contributed by atoms with E-state index in [0.717, 1.165) is 5.69 Å². The second kappa shape index (κ2) is 5.01. The molecule has 82 valence electrons. The largest absolute Gasteiger partial charge is 0.350 e. The second-order valence-electron chi connectivity index (χ2n) is 3.18. The van der Waals surface area contributed by atoms with E-state index in [9.17, 15) is 4.79 Å². The number of hydrogen-bond donors (Lipinski definition) is 2. The third-order valence-electron chi connectivity index (χ3n) is 2.03. The van der Waals surface area contributed by atoms with Crippen LogP contribution >= 0.6 is 0 Å². The van der Waals surface area contributed by atoms with E-state index in [2.05, 4.69) is 25.5 Å². The summed E-state index contributed by atoms with van der Waals surface area (Å²) in [4.78, 5) is 19.3. The standard InChI is InChI=1S/C10H11N5O/c16-10(9-7-11-5-6-12-9)13-3-1-8-2-4-14-15-8/h2,4-7H,1,3H2,(H,13,16)(H,14,15). The van der Waals surface area contributed by atoms with Crippen LogP contribution in [0.1, 0.15) is 16.2 Å². The fourth-order valence-electron chi connectivity index (χ4n) is 1.24. The Bertz CT molecular complexity index is 439. The number of aromatic nitrogens is 4. The highest BCUT2D eigenvalue weighted by Crippen LogP contribution is 1.93. The lowest BCUT2D eigenvalue weighted by Crippen LogP contribution is -2.26. The van der Waals surface area contributed by atoms with E-state index in [1.165, 1.54) is 18.6 Å². The number of amides is 1. The third-order valence-corrected chi connectivity index (χ3v) is 2.03. The number of rotatable bonds is 4. The number of aromatic amines is 1. The van der Waals surface area contributed by atoms with Crippen LogP contribution in [0.15, 0.2) is 30.9 Å². The number of H-pyrrole nitrogens is 1. The highest BCUT2D eigenvalue weighted by molar-refractivity contribution is 5.91. The zero-order valence-corrected chi connectivity index (χ0v) is 8.55. The van der Waals surface area contributed by atoms with Crippen LogP contribution in [0.3, 0.4) is 0 Å². The minimum Gasteiger partial charge on any atom is -0.350 e. The number of hydrogen-bond acceptors (Lipinski definition) is 4. The van der Waals surface area contributed by atoms with Crippen molar-refractivity contribution in [2.75, 3.05) is 6.54 Å². The molecule has 0 aromatic carbocycles. The fourth-order valence-corrected chi connectivity index (χ4v) is 1.24. The fraction of sp³-hybridized carbons (Fsp3) is 0.200. The molecule has 0 aliphatic rings. The van der Waals surface area contributed by atoms with Crippen LogP contribution < -0.4 is 5.32 Å². The lowest BCUT2D eigenvalue weighted by atomic mass is 10.3. The van der Waals surface area contributed by atoms with Crippen LogP contribution in [-0.2, 0) is 6.42 Å². The Morgan fingerprint density at radius 3 is 3.00 bits per heavy atom. The molecule has 0 fully saturated rings. The van der Waals surface area contributed by atoms with Crippen LogP contribution in [0.25, 0.3) is 0 Å². The van der Waals surface area contributed by atoms with Crippen molar-refractivity contribution >= 4 is 5.91 Å². The molecular weight excluding hydrogens is 206 g/mol. The molecule has 6 heteroatoms. The first-order valence-corrected chi connectivity index (χ1v) is 4.89. The van der Waals surface area contributed by atoms with Gasteiger partial charge in [-0.2, -0.15) is 5.10 Å². The van der Waals surface area contributed by atoms with Crippen molar-refractivity contribution in [2.45, 2.75) is 6.42 Å². The summed E-state index contributed by atoms with van der Waals surface area (Å²) in [5.41, 5.74) is 1.31. The summed E-state index contributed by atoms with van der Waals surface area (Å²) >= 11 is 0. The second-order valence-corrected chi connectivity index (χ2v) is 3.18. The average molecular weight is 217 g/mol. The molecule has 6 nitrogen and oxygen atoms in total. The van der Waals surface area contributed by atoms with Gasteiger partial charge in [0.15, 0.2) is 0 Å². The maximum atomic E-state index is 11.5. The Balaban J connectivity index is 1.81. The third kappa shape index (κ3) is 2.63. The van der Waals surface area contributed by atoms with Gasteiger partial charge >= 0.3 is 0 Å². The highest BCUT2D eigenvalue weighted by Gasteiger charge is 2.05. The van der Waals surface area contributed by atoms with Gasteiger partial charge in [-0.05, 0) is 6.07 Å². The van der Waals surface area contributed by atoms with E-state index < -0.39 is 0 Å². The normalized spacial score (nSPS) is 10.0. The topological polar surface area (TPSA) is 83.6 Å². The first kappa shape index (κ1) is 10.3. The minimum absolute atomic E-state index is 0.215. The van der Waals surface area contributed by atoms with Crippen LogP contribution in [0, 0.1) is 0 Å². The number of nitrogens with zero attached hydrogens (tertiary/aromatic N) is 3. The van der Waals surface area contributed by atoms with Gasteiger partial charge in [-0.25, -0.2) is 4.98 Å². The zero-order chi connectivity index (χ0) is 11.2. The Morgan fingerprint density at radius 1 is 1.38 bits per heavy atom. The van der Waals surface area contributed by atoms with Crippen LogP contribution in [0.5, 0.6) is 0 Å². The molecule has 0 unspecified atom stereocenters. The van der Waals surface area contributed by atoms with Gasteiger partial charge in [-0.1, -0.05) is 0 Å². The van der Waals surface area contributed by atoms with Crippen LogP contribution in [-0.4, -0.2) is 32.6 Å². The summed E-state index contributed by atoms with van der Waals surface area (Å²) in [7, 11) is 0. The molecule has 0 saturated carbocycles. The Kier molecular flexibility index (Phi) is 3.22. The lowest BCUT2D eigenvalue weighted by Gasteiger charge is -2.02. The van der Waals surface area contributed by atoms with E-state index in [0.29, 0.717) is 18.7 Å². The molecule has 16 heavy (non-hydrogen) atoms. The lowest BCUT2D eigenvalue weighted by molar-refractivity contribution is 0.0948. The van der Waals surface area contributed by atoms with Crippen LogP contribution in [0.4, 0.5) is 0 Å². The van der Waals surface area contributed by atoms with Crippen molar-refractivity contribution in [3.8, 4) is 0 Å². The summed E-state index contributed by atoms with van der Waals surface area (Å²) in [6, 6.07) is 1.87.